The number of rotatable bonds is 3. The topological polar surface area (TPSA) is 95.8 Å². The van der Waals surface area contributed by atoms with E-state index in [1.807, 2.05) is 24.3 Å². The Morgan fingerprint density at radius 2 is 1.92 bits per heavy atom. The van der Waals surface area contributed by atoms with Crippen molar-refractivity contribution in [1.82, 2.24) is 14.4 Å². The van der Waals surface area contributed by atoms with Gasteiger partial charge in [-0.25, -0.2) is 13.2 Å². The molecule has 1 saturated heterocycles. The number of carbonyl (C=O) groups excluding carboxylic acids is 1. The number of aromatic nitrogens is 1. The van der Waals surface area contributed by atoms with Gasteiger partial charge in [0.2, 0.25) is 10.0 Å². The highest BCUT2D eigenvalue weighted by Gasteiger charge is 2.34. The number of sulfonamides is 1. The second-order valence-corrected chi connectivity index (χ2v) is 9.11. The highest BCUT2D eigenvalue weighted by atomic mass is 127. The van der Waals surface area contributed by atoms with Crippen molar-refractivity contribution < 1.29 is 17.7 Å². The molecule has 0 saturated carbocycles. The molecule has 3 rings (SSSR count). The molecule has 0 aliphatic carbocycles. The van der Waals surface area contributed by atoms with E-state index in [0.29, 0.717) is 24.5 Å². The molecular weight excluding hydrogens is 471 g/mol. The second-order valence-electron chi connectivity index (χ2n) is 5.98. The van der Waals surface area contributed by atoms with E-state index in [1.165, 1.54) is 4.31 Å². The van der Waals surface area contributed by atoms with Crippen LogP contribution in [0.2, 0.25) is 0 Å². The Morgan fingerprint density at radius 3 is 2.50 bits per heavy atom. The number of hydrogen-bond donors (Lipinski definition) is 1. The number of nitrogens with zero attached hydrogens (tertiary/aromatic N) is 3. The molecule has 0 bridgehead atoms. The summed E-state index contributed by atoms with van der Waals surface area (Å²) in [7, 11) is -3.68. The van der Waals surface area contributed by atoms with Gasteiger partial charge in [0.25, 0.3) is 0 Å². The van der Waals surface area contributed by atoms with E-state index in [0.717, 1.165) is 3.57 Å². The summed E-state index contributed by atoms with van der Waals surface area (Å²) in [6, 6.07) is 7.26. The quantitative estimate of drug-likeness (QED) is 0.668. The van der Waals surface area contributed by atoms with Gasteiger partial charge in [-0.05, 0) is 54.6 Å². The maximum atomic E-state index is 12.8. The summed E-state index contributed by atoms with van der Waals surface area (Å²) in [4.78, 5) is 14.1. The highest BCUT2D eigenvalue weighted by molar-refractivity contribution is 14.1. The number of benzene rings is 1. The van der Waals surface area contributed by atoms with Crippen molar-refractivity contribution >= 4 is 44.3 Å². The summed E-state index contributed by atoms with van der Waals surface area (Å²) < 4.78 is 33.0. The number of amides is 2. The SMILES string of the molecule is Cc1noc(C)c1S(=O)(=O)N1CCN(C(=O)Nc2cccc(I)c2)CC1. The average molecular weight is 490 g/mol. The Balaban J connectivity index is 1.65. The number of carbonyl (C=O) groups is 1. The van der Waals surface area contributed by atoms with Crippen molar-refractivity contribution in [3.63, 3.8) is 0 Å². The summed E-state index contributed by atoms with van der Waals surface area (Å²) in [6.07, 6.45) is 0. The molecule has 10 heteroatoms. The fourth-order valence-electron chi connectivity index (χ4n) is 2.87. The summed E-state index contributed by atoms with van der Waals surface area (Å²) in [5, 5.41) is 6.56. The normalized spacial score (nSPS) is 15.9. The lowest BCUT2D eigenvalue weighted by Crippen LogP contribution is -2.51. The molecule has 1 fully saturated rings. The van der Waals surface area contributed by atoms with Gasteiger partial charge in [-0.3, -0.25) is 0 Å². The van der Waals surface area contributed by atoms with Gasteiger partial charge in [0.1, 0.15) is 10.6 Å². The zero-order valence-electron chi connectivity index (χ0n) is 14.4. The van der Waals surface area contributed by atoms with Gasteiger partial charge < -0.3 is 14.7 Å². The molecule has 0 spiro atoms. The van der Waals surface area contributed by atoms with Gasteiger partial charge in [-0.2, -0.15) is 4.31 Å². The van der Waals surface area contributed by atoms with Crippen LogP contribution in [0.1, 0.15) is 11.5 Å². The Bertz CT molecular complexity index is 901. The van der Waals surface area contributed by atoms with Crippen LogP contribution in [0, 0.1) is 17.4 Å². The minimum atomic E-state index is -3.68. The number of anilines is 1. The fourth-order valence-corrected chi connectivity index (χ4v) is 5.13. The lowest BCUT2D eigenvalue weighted by Gasteiger charge is -2.33. The van der Waals surface area contributed by atoms with Crippen LogP contribution in [0.15, 0.2) is 33.7 Å². The summed E-state index contributed by atoms with van der Waals surface area (Å²) in [5.74, 6) is 0.279. The molecule has 1 aromatic heterocycles. The van der Waals surface area contributed by atoms with E-state index >= 15 is 0 Å². The van der Waals surface area contributed by atoms with Crippen LogP contribution in [-0.2, 0) is 10.0 Å². The van der Waals surface area contributed by atoms with Crippen molar-refractivity contribution in [1.29, 1.82) is 0 Å². The van der Waals surface area contributed by atoms with E-state index in [-0.39, 0.29) is 29.8 Å². The molecule has 2 amide bonds. The van der Waals surface area contributed by atoms with Gasteiger partial charge in [-0.1, -0.05) is 11.2 Å². The Hall–Kier alpha value is -1.66. The molecule has 1 N–H and O–H groups in total. The summed E-state index contributed by atoms with van der Waals surface area (Å²) in [6.45, 7) is 4.28. The lowest BCUT2D eigenvalue weighted by molar-refractivity contribution is 0.184. The van der Waals surface area contributed by atoms with Crippen LogP contribution in [0.5, 0.6) is 0 Å². The van der Waals surface area contributed by atoms with E-state index in [1.54, 1.807) is 18.7 Å². The number of piperazine rings is 1. The maximum Gasteiger partial charge on any atom is 0.321 e. The first kappa shape index (κ1) is 19.1. The van der Waals surface area contributed by atoms with Crippen LogP contribution in [-0.4, -0.2) is 55.0 Å². The largest absolute Gasteiger partial charge is 0.360 e. The minimum absolute atomic E-state index is 0.120. The predicted octanol–water partition coefficient (Wildman–Crippen LogP) is 2.43. The second kappa shape index (κ2) is 7.53. The summed E-state index contributed by atoms with van der Waals surface area (Å²) >= 11 is 2.18. The van der Waals surface area contributed by atoms with Crippen molar-refractivity contribution in [2.24, 2.45) is 0 Å². The molecule has 8 nitrogen and oxygen atoms in total. The molecule has 26 heavy (non-hydrogen) atoms. The zero-order chi connectivity index (χ0) is 18.9. The maximum absolute atomic E-state index is 12.8. The molecule has 2 aromatic rings. The molecule has 2 heterocycles. The van der Waals surface area contributed by atoms with Gasteiger partial charge >= 0.3 is 6.03 Å². The molecule has 0 atom stereocenters. The van der Waals surface area contributed by atoms with Crippen molar-refractivity contribution in [3.05, 3.63) is 39.3 Å². The third kappa shape index (κ3) is 3.86. The third-order valence-electron chi connectivity index (χ3n) is 4.17. The number of nitrogens with one attached hydrogen (secondary N) is 1. The lowest BCUT2D eigenvalue weighted by atomic mass is 10.3. The van der Waals surface area contributed by atoms with Crippen LogP contribution in [0.3, 0.4) is 0 Å². The first-order valence-electron chi connectivity index (χ1n) is 8.03. The fraction of sp³-hybridized carbons (Fsp3) is 0.375. The predicted molar refractivity (Wildman–Crippen MR) is 104 cm³/mol. The molecule has 1 aliphatic heterocycles. The molecule has 0 unspecified atom stereocenters. The monoisotopic (exact) mass is 490 g/mol. The average Bonchev–Trinajstić information content (AvgIpc) is 2.94. The molecule has 0 radical (unpaired) electrons. The van der Waals surface area contributed by atoms with Gasteiger partial charge in [0.15, 0.2) is 5.76 Å². The summed E-state index contributed by atoms with van der Waals surface area (Å²) in [5.41, 5.74) is 1.06. The van der Waals surface area contributed by atoms with E-state index in [2.05, 4.69) is 33.1 Å². The van der Waals surface area contributed by atoms with Gasteiger partial charge in [0, 0.05) is 35.4 Å². The smallest absolute Gasteiger partial charge is 0.321 e. The third-order valence-corrected chi connectivity index (χ3v) is 6.98. The zero-order valence-corrected chi connectivity index (χ0v) is 17.4. The van der Waals surface area contributed by atoms with Crippen molar-refractivity contribution in [2.75, 3.05) is 31.5 Å². The number of halogens is 1. The van der Waals surface area contributed by atoms with Crippen LogP contribution in [0.4, 0.5) is 10.5 Å². The Labute approximate surface area is 165 Å². The van der Waals surface area contributed by atoms with Crippen LogP contribution in [0.25, 0.3) is 0 Å². The van der Waals surface area contributed by atoms with E-state index in [9.17, 15) is 13.2 Å². The van der Waals surface area contributed by atoms with E-state index in [4.69, 9.17) is 4.52 Å². The molecule has 1 aliphatic rings. The molecule has 1 aromatic carbocycles. The standard InChI is InChI=1S/C16H19IN4O4S/c1-11-15(12(2)25-19-11)26(23,24)21-8-6-20(7-9-21)16(22)18-14-5-3-4-13(17)10-14/h3-5,10H,6-9H2,1-2H3,(H,18,22). The van der Waals surface area contributed by atoms with Crippen molar-refractivity contribution in [2.45, 2.75) is 18.7 Å². The first-order chi connectivity index (χ1) is 12.3. The Morgan fingerprint density at radius 1 is 1.23 bits per heavy atom. The number of aryl methyl sites for hydroxylation is 2. The van der Waals surface area contributed by atoms with Crippen molar-refractivity contribution in [3.8, 4) is 0 Å². The molecular formula is C16H19IN4O4S. The first-order valence-corrected chi connectivity index (χ1v) is 10.6. The van der Waals surface area contributed by atoms with Gasteiger partial charge in [0.05, 0.1) is 0 Å². The van der Waals surface area contributed by atoms with Crippen LogP contribution < -0.4 is 5.32 Å². The highest BCUT2D eigenvalue weighted by Crippen LogP contribution is 2.24. The minimum Gasteiger partial charge on any atom is -0.360 e. The number of urea groups is 1. The number of hydrogen-bond acceptors (Lipinski definition) is 5. The molecule has 140 valence electrons. The van der Waals surface area contributed by atoms with Crippen LogP contribution >= 0.6 is 22.6 Å². The van der Waals surface area contributed by atoms with Gasteiger partial charge in [-0.15, -0.1) is 0 Å². The van der Waals surface area contributed by atoms with E-state index < -0.39 is 10.0 Å². The Kier molecular flexibility index (Phi) is 5.53.